The Hall–Kier alpha value is -2.69. The molecule has 0 saturated carbocycles. The van der Waals surface area contributed by atoms with Crippen molar-refractivity contribution in [1.82, 2.24) is 4.90 Å². The number of carbonyl (C=O) groups excluding carboxylic acids is 3. The maximum absolute atomic E-state index is 12.4. The Balaban J connectivity index is 1.99. The summed E-state index contributed by atoms with van der Waals surface area (Å²) in [6.07, 6.45) is 0.621. The van der Waals surface area contributed by atoms with E-state index in [1.807, 2.05) is 13.8 Å². The van der Waals surface area contributed by atoms with Crippen LogP contribution in [0.3, 0.4) is 0 Å². The number of nitrogens with zero attached hydrogens (tertiary/aromatic N) is 1. The Morgan fingerprint density at radius 1 is 1.09 bits per heavy atom. The molecule has 5 heteroatoms. The molecule has 0 atom stereocenters. The normalized spacial score (nSPS) is 13.9. The molecular formula is C17H15NO4. The number of rotatable bonds is 4. The van der Waals surface area contributed by atoms with Crippen LogP contribution in [-0.4, -0.2) is 29.5 Å². The van der Waals surface area contributed by atoms with Crippen LogP contribution in [0.4, 0.5) is 0 Å². The first-order valence-corrected chi connectivity index (χ1v) is 7.07. The molecule has 2 amide bonds. The first-order valence-electron chi connectivity index (χ1n) is 7.07. The van der Waals surface area contributed by atoms with E-state index in [4.69, 9.17) is 4.42 Å². The van der Waals surface area contributed by atoms with Crippen molar-refractivity contribution in [2.45, 2.75) is 13.8 Å². The summed E-state index contributed by atoms with van der Waals surface area (Å²) in [5, 5.41) is 0. The SMILES string of the molecule is CC(C)CN1C(=O)c2ccc(-c3ccc(C=O)o3)cc2C1=O. The topological polar surface area (TPSA) is 67.6 Å². The number of imide groups is 1. The van der Waals surface area contributed by atoms with Gasteiger partial charge in [0.2, 0.25) is 0 Å². The molecule has 112 valence electrons. The van der Waals surface area contributed by atoms with Gasteiger partial charge in [0.15, 0.2) is 12.0 Å². The van der Waals surface area contributed by atoms with Crippen molar-refractivity contribution in [1.29, 1.82) is 0 Å². The molecule has 1 aromatic carbocycles. The molecule has 1 aliphatic heterocycles. The van der Waals surface area contributed by atoms with Gasteiger partial charge in [0.05, 0.1) is 11.1 Å². The van der Waals surface area contributed by atoms with Gasteiger partial charge in [0.25, 0.3) is 11.8 Å². The first-order chi connectivity index (χ1) is 10.5. The second-order valence-corrected chi connectivity index (χ2v) is 5.69. The Kier molecular flexibility index (Phi) is 3.41. The van der Waals surface area contributed by atoms with Gasteiger partial charge in [-0.2, -0.15) is 0 Å². The van der Waals surface area contributed by atoms with E-state index in [2.05, 4.69) is 0 Å². The van der Waals surface area contributed by atoms with E-state index in [-0.39, 0.29) is 23.5 Å². The van der Waals surface area contributed by atoms with Gasteiger partial charge in [-0.15, -0.1) is 0 Å². The van der Waals surface area contributed by atoms with E-state index < -0.39 is 0 Å². The minimum atomic E-state index is -0.280. The number of hydrogen-bond donors (Lipinski definition) is 0. The van der Waals surface area contributed by atoms with Crippen molar-refractivity contribution in [3.63, 3.8) is 0 Å². The van der Waals surface area contributed by atoms with Crippen molar-refractivity contribution >= 4 is 18.1 Å². The predicted molar refractivity (Wildman–Crippen MR) is 79.7 cm³/mol. The highest BCUT2D eigenvalue weighted by Gasteiger charge is 2.35. The number of furan rings is 1. The van der Waals surface area contributed by atoms with Crippen molar-refractivity contribution in [2.24, 2.45) is 5.92 Å². The summed E-state index contributed by atoms with van der Waals surface area (Å²) in [5.74, 6) is 0.389. The number of fused-ring (bicyclic) bond motifs is 1. The van der Waals surface area contributed by atoms with Crippen LogP contribution in [0.15, 0.2) is 34.7 Å². The molecule has 1 aromatic heterocycles. The Labute approximate surface area is 127 Å². The van der Waals surface area contributed by atoms with Crippen LogP contribution in [0.1, 0.15) is 45.1 Å². The van der Waals surface area contributed by atoms with Gasteiger partial charge in [-0.3, -0.25) is 19.3 Å². The number of carbonyl (C=O) groups is 3. The molecule has 0 fully saturated rings. The van der Waals surface area contributed by atoms with E-state index in [1.54, 1.807) is 30.3 Å². The van der Waals surface area contributed by atoms with Crippen LogP contribution >= 0.6 is 0 Å². The number of hydrogen-bond acceptors (Lipinski definition) is 4. The van der Waals surface area contributed by atoms with Gasteiger partial charge in [-0.05, 0) is 30.2 Å². The zero-order valence-corrected chi connectivity index (χ0v) is 12.3. The van der Waals surface area contributed by atoms with E-state index >= 15 is 0 Å². The maximum Gasteiger partial charge on any atom is 0.261 e. The fraction of sp³-hybridized carbons (Fsp3) is 0.235. The summed E-state index contributed by atoms with van der Waals surface area (Å²) in [4.78, 5) is 36.6. The van der Waals surface area contributed by atoms with Crippen LogP contribution in [0.5, 0.6) is 0 Å². The standard InChI is InChI=1S/C17H15NO4/c1-10(2)8-18-16(20)13-5-3-11(7-14(13)17(18)21)15-6-4-12(9-19)22-15/h3-7,9-10H,8H2,1-2H3. The van der Waals surface area contributed by atoms with Crippen molar-refractivity contribution in [3.8, 4) is 11.3 Å². The summed E-state index contributed by atoms with van der Waals surface area (Å²) < 4.78 is 5.35. The molecule has 0 spiro atoms. The zero-order chi connectivity index (χ0) is 15.9. The molecule has 0 saturated heterocycles. The molecule has 1 aliphatic rings. The highest BCUT2D eigenvalue weighted by atomic mass is 16.3. The summed E-state index contributed by atoms with van der Waals surface area (Å²) in [6.45, 7) is 4.31. The van der Waals surface area contributed by atoms with Gasteiger partial charge in [0.1, 0.15) is 5.76 Å². The van der Waals surface area contributed by atoms with Gasteiger partial charge in [0, 0.05) is 12.1 Å². The monoisotopic (exact) mass is 297 g/mol. The first kappa shape index (κ1) is 14.3. The second-order valence-electron chi connectivity index (χ2n) is 5.69. The number of aldehydes is 1. The van der Waals surface area contributed by atoms with E-state index in [0.29, 0.717) is 35.3 Å². The highest BCUT2D eigenvalue weighted by Crippen LogP contribution is 2.29. The summed E-state index contributed by atoms with van der Waals surface area (Å²) in [5.41, 5.74) is 1.46. The molecule has 0 unspecified atom stereocenters. The van der Waals surface area contributed by atoms with Crippen LogP contribution in [0, 0.1) is 5.92 Å². The molecule has 3 rings (SSSR count). The Bertz CT molecular complexity index is 773. The third kappa shape index (κ3) is 2.24. The third-order valence-electron chi connectivity index (χ3n) is 3.55. The summed E-state index contributed by atoms with van der Waals surface area (Å²) >= 11 is 0. The lowest BCUT2D eigenvalue weighted by molar-refractivity contribution is 0.0636. The minimum absolute atomic E-state index is 0.210. The molecule has 0 aliphatic carbocycles. The zero-order valence-electron chi connectivity index (χ0n) is 12.3. The molecule has 2 aromatic rings. The molecular weight excluding hydrogens is 282 g/mol. The lowest BCUT2D eigenvalue weighted by Crippen LogP contribution is -2.33. The average molecular weight is 297 g/mol. The molecule has 0 radical (unpaired) electrons. The minimum Gasteiger partial charge on any atom is -0.453 e. The van der Waals surface area contributed by atoms with E-state index in [9.17, 15) is 14.4 Å². The van der Waals surface area contributed by atoms with Crippen molar-refractivity contribution in [3.05, 3.63) is 47.2 Å². The molecule has 2 heterocycles. The van der Waals surface area contributed by atoms with Crippen LogP contribution in [-0.2, 0) is 0 Å². The number of amides is 2. The predicted octanol–water partition coefficient (Wildman–Crippen LogP) is 3.01. The molecule has 0 bridgehead atoms. The largest absolute Gasteiger partial charge is 0.453 e. The fourth-order valence-corrected chi connectivity index (χ4v) is 2.55. The third-order valence-corrected chi connectivity index (χ3v) is 3.55. The number of benzene rings is 1. The fourth-order valence-electron chi connectivity index (χ4n) is 2.55. The molecule has 5 nitrogen and oxygen atoms in total. The van der Waals surface area contributed by atoms with E-state index in [1.165, 1.54) is 4.90 Å². The van der Waals surface area contributed by atoms with Crippen LogP contribution in [0.25, 0.3) is 11.3 Å². The summed E-state index contributed by atoms with van der Waals surface area (Å²) in [6, 6.07) is 8.22. The quantitative estimate of drug-likeness (QED) is 0.642. The van der Waals surface area contributed by atoms with Crippen LogP contribution in [0.2, 0.25) is 0 Å². The Morgan fingerprint density at radius 3 is 2.45 bits per heavy atom. The highest BCUT2D eigenvalue weighted by molar-refractivity contribution is 6.21. The van der Waals surface area contributed by atoms with Crippen molar-refractivity contribution < 1.29 is 18.8 Å². The molecule has 22 heavy (non-hydrogen) atoms. The summed E-state index contributed by atoms with van der Waals surface area (Å²) in [7, 11) is 0. The lowest BCUT2D eigenvalue weighted by Gasteiger charge is -2.15. The maximum atomic E-state index is 12.4. The van der Waals surface area contributed by atoms with Gasteiger partial charge in [-0.25, -0.2) is 0 Å². The second kappa shape index (κ2) is 5.26. The van der Waals surface area contributed by atoms with Crippen LogP contribution < -0.4 is 0 Å². The van der Waals surface area contributed by atoms with Gasteiger partial charge in [-0.1, -0.05) is 19.9 Å². The smallest absolute Gasteiger partial charge is 0.261 e. The average Bonchev–Trinajstić information content (AvgIpc) is 3.06. The van der Waals surface area contributed by atoms with Gasteiger partial charge >= 0.3 is 0 Å². The Morgan fingerprint density at radius 2 is 1.82 bits per heavy atom. The van der Waals surface area contributed by atoms with Gasteiger partial charge < -0.3 is 4.42 Å². The molecule has 0 N–H and O–H groups in total. The lowest BCUT2D eigenvalue weighted by atomic mass is 10.0. The van der Waals surface area contributed by atoms with Crippen molar-refractivity contribution in [2.75, 3.05) is 6.54 Å². The van der Waals surface area contributed by atoms with E-state index in [0.717, 1.165) is 0 Å².